The molecule has 0 aliphatic heterocycles. The molecule has 5 nitrogen and oxygen atoms in total. The van der Waals surface area contributed by atoms with Gasteiger partial charge in [-0.2, -0.15) is 16.9 Å². The first kappa shape index (κ1) is 21.8. The predicted octanol–water partition coefficient (Wildman–Crippen LogP) is 3.36. The highest BCUT2D eigenvalue weighted by Gasteiger charge is 2.16. The number of nitrogens with one attached hydrogen (secondary N) is 2. The topological polar surface area (TPSA) is 54.2 Å². The SMILES string of the molecule is CN=C(NCc1ccccc1Cn1cccn1)NCC(C)(C)SC.I. The molecule has 0 saturated carbocycles. The molecule has 7 heteroatoms. The monoisotopic (exact) mass is 473 g/mol. The number of thioether (sulfide) groups is 1. The lowest BCUT2D eigenvalue weighted by Gasteiger charge is -2.24. The van der Waals surface area contributed by atoms with Crippen LogP contribution in [0.15, 0.2) is 47.7 Å². The van der Waals surface area contributed by atoms with Crippen molar-refractivity contribution in [2.75, 3.05) is 19.8 Å². The minimum absolute atomic E-state index is 0. The van der Waals surface area contributed by atoms with Gasteiger partial charge in [-0.3, -0.25) is 9.67 Å². The van der Waals surface area contributed by atoms with Gasteiger partial charge in [0.05, 0.1) is 6.54 Å². The second kappa shape index (κ2) is 10.7. The van der Waals surface area contributed by atoms with Gasteiger partial charge >= 0.3 is 0 Å². The van der Waals surface area contributed by atoms with Gasteiger partial charge in [-0.25, -0.2) is 0 Å². The van der Waals surface area contributed by atoms with Gasteiger partial charge in [0.1, 0.15) is 0 Å². The second-order valence-electron chi connectivity index (χ2n) is 6.22. The van der Waals surface area contributed by atoms with E-state index in [1.165, 1.54) is 11.1 Å². The molecular formula is C18H28IN5S. The van der Waals surface area contributed by atoms with Gasteiger partial charge in [0.25, 0.3) is 0 Å². The highest BCUT2D eigenvalue weighted by Crippen LogP contribution is 2.19. The molecule has 138 valence electrons. The molecule has 0 aliphatic carbocycles. The quantitative estimate of drug-likeness (QED) is 0.368. The molecule has 25 heavy (non-hydrogen) atoms. The van der Waals surface area contributed by atoms with Gasteiger partial charge in [-0.1, -0.05) is 24.3 Å². The van der Waals surface area contributed by atoms with Crippen LogP contribution in [-0.2, 0) is 13.1 Å². The fourth-order valence-electron chi connectivity index (χ4n) is 2.22. The molecule has 0 radical (unpaired) electrons. The number of aromatic nitrogens is 2. The Bertz CT molecular complexity index is 655. The van der Waals surface area contributed by atoms with E-state index >= 15 is 0 Å². The zero-order valence-corrected chi connectivity index (χ0v) is 18.5. The van der Waals surface area contributed by atoms with Crippen LogP contribution in [0, 0.1) is 0 Å². The molecule has 0 saturated heterocycles. The van der Waals surface area contributed by atoms with Crippen LogP contribution in [0.4, 0.5) is 0 Å². The second-order valence-corrected chi connectivity index (χ2v) is 7.73. The summed E-state index contributed by atoms with van der Waals surface area (Å²) in [6.45, 7) is 6.81. The third-order valence-corrected chi connectivity index (χ3v) is 5.16. The van der Waals surface area contributed by atoms with Crippen molar-refractivity contribution in [3.63, 3.8) is 0 Å². The van der Waals surface area contributed by atoms with Crippen molar-refractivity contribution in [2.45, 2.75) is 31.7 Å². The molecule has 0 unspecified atom stereocenters. The number of nitrogens with zero attached hydrogens (tertiary/aromatic N) is 3. The summed E-state index contributed by atoms with van der Waals surface area (Å²) in [5.41, 5.74) is 2.51. The van der Waals surface area contributed by atoms with Crippen molar-refractivity contribution in [1.29, 1.82) is 0 Å². The lowest BCUT2D eigenvalue weighted by molar-refractivity contribution is 0.660. The highest BCUT2D eigenvalue weighted by atomic mass is 127. The highest BCUT2D eigenvalue weighted by molar-refractivity contribution is 14.0. The largest absolute Gasteiger partial charge is 0.355 e. The normalized spacial score (nSPS) is 11.8. The Hall–Kier alpha value is -1.22. The molecule has 0 fully saturated rings. The Morgan fingerprint density at radius 3 is 2.52 bits per heavy atom. The molecule has 0 amide bonds. The van der Waals surface area contributed by atoms with Crippen LogP contribution in [0.3, 0.4) is 0 Å². The van der Waals surface area contributed by atoms with Crippen LogP contribution in [0.2, 0.25) is 0 Å². The Kier molecular flexibility index (Phi) is 9.34. The van der Waals surface area contributed by atoms with Gasteiger partial charge < -0.3 is 10.6 Å². The Morgan fingerprint density at radius 2 is 1.92 bits per heavy atom. The molecular weight excluding hydrogens is 445 g/mol. The average molecular weight is 473 g/mol. The van der Waals surface area contributed by atoms with Gasteiger partial charge in [0, 0.05) is 37.3 Å². The lowest BCUT2D eigenvalue weighted by Crippen LogP contribution is -2.43. The Morgan fingerprint density at radius 1 is 1.20 bits per heavy atom. The van der Waals surface area contributed by atoms with E-state index in [4.69, 9.17) is 0 Å². The smallest absolute Gasteiger partial charge is 0.191 e. The molecule has 0 bridgehead atoms. The summed E-state index contributed by atoms with van der Waals surface area (Å²) in [5, 5.41) is 11.1. The number of rotatable bonds is 7. The third-order valence-electron chi connectivity index (χ3n) is 3.91. The van der Waals surface area contributed by atoms with Crippen LogP contribution in [0.25, 0.3) is 0 Å². The lowest BCUT2D eigenvalue weighted by atomic mass is 10.1. The number of hydrogen-bond acceptors (Lipinski definition) is 3. The summed E-state index contributed by atoms with van der Waals surface area (Å²) < 4.78 is 2.11. The van der Waals surface area contributed by atoms with Crippen molar-refractivity contribution in [1.82, 2.24) is 20.4 Å². The zero-order valence-electron chi connectivity index (χ0n) is 15.3. The molecule has 0 aliphatic rings. The van der Waals surface area contributed by atoms with Crippen molar-refractivity contribution >= 4 is 41.7 Å². The van der Waals surface area contributed by atoms with Crippen LogP contribution >= 0.6 is 35.7 Å². The first-order valence-corrected chi connectivity index (χ1v) is 9.30. The van der Waals surface area contributed by atoms with E-state index in [0.717, 1.165) is 25.6 Å². The third kappa shape index (κ3) is 7.27. The predicted molar refractivity (Wildman–Crippen MR) is 119 cm³/mol. The Labute approximate surface area is 172 Å². The summed E-state index contributed by atoms with van der Waals surface area (Å²) in [6.07, 6.45) is 5.92. The van der Waals surface area contributed by atoms with Crippen molar-refractivity contribution in [3.8, 4) is 0 Å². The van der Waals surface area contributed by atoms with E-state index in [-0.39, 0.29) is 28.7 Å². The fraction of sp³-hybridized carbons (Fsp3) is 0.444. The molecule has 1 aromatic carbocycles. The van der Waals surface area contributed by atoms with Crippen molar-refractivity contribution in [3.05, 3.63) is 53.9 Å². The van der Waals surface area contributed by atoms with Crippen LogP contribution in [0.5, 0.6) is 0 Å². The first-order chi connectivity index (χ1) is 11.5. The molecule has 0 atom stereocenters. The molecule has 0 spiro atoms. The fourth-order valence-corrected chi connectivity index (χ4v) is 2.44. The van der Waals surface area contributed by atoms with Gasteiger partial charge in [0.2, 0.25) is 0 Å². The number of halogens is 1. The summed E-state index contributed by atoms with van der Waals surface area (Å²) in [4.78, 5) is 4.31. The maximum Gasteiger partial charge on any atom is 0.191 e. The summed E-state index contributed by atoms with van der Waals surface area (Å²) in [5.74, 6) is 0.825. The maximum absolute atomic E-state index is 4.31. The van der Waals surface area contributed by atoms with E-state index in [2.05, 4.69) is 65.1 Å². The van der Waals surface area contributed by atoms with Crippen LogP contribution < -0.4 is 10.6 Å². The first-order valence-electron chi connectivity index (χ1n) is 8.08. The summed E-state index contributed by atoms with van der Waals surface area (Å²) in [6, 6.07) is 10.4. The minimum Gasteiger partial charge on any atom is -0.355 e. The number of benzene rings is 1. The number of hydrogen-bond donors (Lipinski definition) is 2. The van der Waals surface area contributed by atoms with E-state index in [1.54, 1.807) is 13.2 Å². The number of guanidine groups is 1. The van der Waals surface area contributed by atoms with Gasteiger partial charge in [-0.05, 0) is 37.3 Å². The molecule has 1 aromatic heterocycles. The molecule has 2 rings (SSSR count). The standard InChI is InChI=1S/C18H27N5S.HI/c1-18(2,24-4)14-21-17(19-3)20-12-15-8-5-6-9-16(15)13-23-11-7-10-22-23;/h5-11H,12-14H2,1-4H3,(H2,19,20,21);1H. The summed E-state index contributed by atoms with van der Waals surface area (Å²) in [7, 11) is 1.80. The zero-order chi connectivity index (χ0) is 17.4. The van der Waals surface area contributed by atoms with Crippen molar-refractivity contribution in [2.24, 2.45) is 4.99 Å². The van der Waals surface area contributed by atoms with E-state index in [1.807, 2.05) is 28.7 Å². The van der Waals surface area contributed by atoms with E-state index < -0.39 is 0 Å². The van der Waals surface area contributed by atoms with Gasteiger partial charge in [-0.15, -0.1) is 24.0 Å². The van der Waals surface area contributed by atoms with Gasteiger partial charge in [0.15, 0.2) is 5.96 Å². The minimum atomic E-state index is 0. The van der Waals surface area contributed by atoms with Crippen LogP contribution in [0.1, 0.15) is 25.0 Å². The molecule has 2 aromatic rings. The van der Waals surface area contributed by atoms with Crippen LogP contribution in [-0.4, -0.2) is 40.3 Å². The van der Waals surface area contributed by atoms with E-state index in [0.29, 0.717) is 0 Å². The molecule has 1 heterocycles. The summed E-state index contributed by atoms with van der Waals surface area (Å²) >= 11 is 1.84. The molecule has 2 N–H and O–H groups in total. The maximum atomic E-state index is 4.31. The van der Waals surface area contributed by atoms with Crippen molar-refractivity contribution < 1.29 is 0 Å². The average Bonchev–Trinajstić information content (AvgIpc) is 3.09. The number of aliphatic imine (C=N–C) groups is 1. The Balaban J connectivity index is 0.00000312. The van der Waals surface area contributed by atoms with E-state index in [9.17, 15) is 0 Å².